The lowest BCUT2D eigenvalue weighted by Gasteiger charge is -2.23. The summed E-state index contributed by atoms with van der Waals surface area (Å²) in [6.07, 6.45) is 10.3. The number of allylic oxidation sites excluding steroid dienone is 1. The van der Waals surface area contributed by atoms with Crippen molar-refractivity contribution in [3.63, 3.8) is 0 Å². The third-order valence-corrected chi connectivity index (χ3v) is 4.95. The summed E-state index contributed by atoms with van der Waals surface area (Å²) in [5.74, 6) is 2.63. The average Bonchev–Trinajstić information content (AvgIpc) is 2.65. The molecule has 2 rings (SSSR count). The zero-order valence-corrected chi connectivity index (χ0v) is 17.4. The minimum atomic E-state index is 0.722. The van der Waals surface area contributed by atoms with Gasteiger partial charge in [-0.3, -0.25) is 0 Å². The van der Waals surface area contributed by atoms with Gasteiger partial charge in [0.2, 0.25) is 0 Å². The van der Waals surface area contributed by atoms with Gasteiger partial charge in [-0.05, 0) is 62.3 Å². The van der Waals surface area contributed by atoms with Crippen molar-refractivity contribution in [2.45, 2.75) is 64.7 Å². The standard InChI is InChI=1S/C23H36O4/c1-4-5-6-7-16-26-21-14-13-20(18-22(21)25-3)23(19-11-10-12-19)27-17-9-8-15-24-2/h13-14,18H,4-12,15-17H2,1-3H3. The molecule has 0 saturated heterocycles. The molecule has 1 aliphatic carbocycles. The second kappa shape index (κ2) is 12.7. The highest BCUT2D eigenvalue weighted by Crippen LogP contribution is 2.37. The minimum Gasteiger partial charge on any atom is -0.493 e. The Morgan fingerprint density at radius 3 is 2.33 bits per heavy atom. The zero-order valence-electron chi connectivity index (χ0n) is 17.4. The monoisotopic (exact) mass is 376 g/mol. The van der Waals surface area contributed by atoms with Crippen molar-refractivity contribution in [2.75, 3.05) is 34.0 Å². The van der Waals surface area contributed by atoms with Crippen molar-refractivity contribution < 1.29 is 18.9 Å². The molecule has 1 saturated carbocycles. The van der Waals surface area contributed by atoms with Crippen LogP contribution in [0.4, 0.5) is 0 Å². The molecule has 0 amide bonds. The maximum atomic E-state index is 6.17. The predicted molar refractivity (Wildman–Crippen MR) is 110 cm³/mol. The van der Waals surface area contributed by atoms with Crippen LogP contribution in [-0.2, 0) is 9.47 Å². The Balaban J connectivity index is 1.99. The Morgan fingerprint density at radius 2 is 1.67 bits per heavy atom. The molecule has 1 fully saturated rings. The third-order valence-electron chi connectivity index (χ3n) is 4.95. The van der Waals surface area contributed by atoms with E-state index >= 15 is 0 Å². The van der Waals surface area contributed by atoms with Crippen molar-refractivity contribution >= 4 is 5.76 Å². The maximum absolute atomic E-state index is 6.17. The smallest absolute Gasteiger partial charge is 0.161 e. The number of rotatable bonds is 14. The van der Waals surface area contributed by atoms with Gasteiger partial charge in [-0.1, -0.05) is 26.2 Å². The van der Waals surface area contributed by atoms with Crippen LogP contribution in [0.25, 0.3) is 5.76 Å². The topological polar surface area (TPSA) is 36.9 Å². The van der Waals surface area contributed by atoms with Gasteiger partial charge in [0.15, 0.2) is 11.5 Å². The summed E-state index contributed by atoms with van der Waals surface area (Å²) >= 11 is 0. The average molecular weight is 377 g/mol. The van der Waals surface area contributed by atoms with Crippen molar-refractivity contribution in [3.05, 3.63) is 29.3 Å². The fourth-order valence-electron chi connectivity index (χ4n) is 3.13. The van der Waals surface area contributed by atoms with Crippen molar-refractivity contribution in [1.82, 2.24) is 0 Å². The molecule has 0 radical (unpaired) electrons. The molecule has 4 nitrogen and oxygen atoms in total. The van der Waals surface area contributed by atoms with Gasteiger partial charge in [-0.25, -0.2) is 0 Å². The lowest BCUT2D eigenvalue weighted by molar-refractivity contribution is 0.179. The Labute approximate surface area is 164 Å². The number of unbranched alkanes of at least 4 members (excludes halogenated alkanes) is 4. The van der Waals surface area contributed by atoms with Crippen LogP contribution in [0, 0.1) is 0 Å². The second-order valence-corrected chi connectivity index (χ2v) is 7.11. The zero-order chi connectivity index (χ0) is 19.3. The second-order valence-electron chi connectivity index (χ2n) is 7.11. The molecule has 0 atom stereocenters. The van der Waals surface area contributed by atoms with Crippen LogP contribution in [0.3, 0.4) is 0 Å². The van der Waals surface area contributed by atoms with Crippen LogP contribution in [0.5, 0.6) is 11.5 Å². The van der Waals surface area contributed by atoms with Crippen molar-refractivity contribution in [2.24, 2.45) is 0 Å². The first-order valence-electron chi connectivity index (χ1n) is 10.4. The molecule has 0 unspecified atom stereocenters. The van der Waals surface area contributed by atoms with Crippen LogP contribution in [0.1, 0.15) is 70.3 Å². The molecular formula is C23H36O4. The van der Waals surface area contributed by atoms with E-state index in [4.69, 9.17) is 18.9 Å². The summed E-state index contributed by atoms with van der Waals surface area (Å²) < 4.78 is 22.8. The maximum Gasteiger partial charge on any atom is 0.161 e. The Kier molecular flexibility index (Phi) is 10.1. The molecule has 1 aliphatic rings. The molecule has 152 valence electrons. The van der Waals surface area contributed by atoms with E-state index in [1.165, 1.54) is 31.3 Å². The number of methoxy groups -OCH3 is 2. The first kappa shape index (κ1) is 21.6. The molecule has 1 aromatic rings. The van der Waals surface area contributed by atoms with Crippen LogP contribution < -0.4 is 9.47 Å². The Morgan fingerprint density at radius 1 is 0.889 bits per heavy atom. The third kappa shape index (κ3) is 7.10. The lowest BCUT2D eigenvalue weighted by atomic mass is 9.89. The van der Waals surface area contributed by atoms with Gasteiger partial charge in [-0.2, -0.15) is 0 Å². The minimum absolute atomic E-state index is 0.722. The Hall–Kier alpha value is -1.68. The highest BCUT2D eigenvalue weighted by atomic mass is 16.5. The molecule has 0 bridgehead atoms. The molecular weight excluding hydrogens is 340 g/mol. The molecule has 0 heterocycles. The van der Waals surface area contributed by atoms with E-state index in [2.05, 4.69) is 19.1 Å². The number of ether oxygens (including phenoxy) is 4. The summed E-state index contributed by atoms with van der Waals surface area (Å²) in [4.78, 5) is 0. The van der Waals surface area contributed by atoms with Crippen LogP contribution >= 0.6 is 0 Å². The number of hydrogen-bond acceptors (Lipinski definition) is 4. The molecule has 0 N–H and O–H groups in total. The van der Waals surface area contributed by atoms with Crippen molar-refractivity contribution in [1.29, 1.82) is 0 Å². The van der Waals surface area contributed by atoms with Gasteiger partial charge in [0, 0.05) is 19.3 Å². The summed E-state index contributed by atoms with van der Waals surface area (Å²) in [5.41, 5.74) is 2.50. The fourth-order valence-corrected chi connectivity index (χ4v) is 3.13. The first-order valence-corrected chi connectivity index (χ1v) is 10.4. The molecule has 1 aromatic carbocycles. The van der Waals surface area contributed by atoms with Gasteiger partial charge in [0.25, 0.3) is 0 Å². The molecule has 0 aliphatic heterocycles. The van der Waals surface area contributed by atoms with Crippen molar-refractivity contribution in [3.8, 4) is 11.5 Å². The summed E-state index contributed by atoms with van der Waals surface area (Å²) in [6, 6.07) is 6.17. The number of hydrogen-bond donors (Lipinski definition) is 0. The van der Waals surface area contributed by atoms with E-state index in [9.17, 15) is 0 Å². The first-order chi connectivity index (χ1) is 13.3. The predicted octanol–water partition coefficient (Wildman–Crippen LogP) is 5.99. The molecule has 0 spiro atoms. The van der Waals surface area contributed by atoms with Crippen LogP contribution in [0.15, 0.2) is 23.8 Å². The van der Waals surface area contributed by atoms with E-state index in [-0.39, 0.29) is 0 Å². The van der Waals surface area contributed by atoms with Gasteiger partial charge in [0.1, 0.15) is 5.76 Å². The SMILES string of the molecule is CCCCCCOc1ccc(C(OCCCCOC)=C2CCC2)cc1OC. The van der Waals surface area contributed by atoms with Crippen LogP contribution in [0.2, 0.25) is 0 Å². The highest BCUT2D eigenvalue weighted by molar-refractivity contribution is 5.67. The summed E-state index contributed by atoms with van der Waals surface area (Å²) in [6.45, 7) is 4.46. The Bertz CT molecular complexity index is 574. The van der Waals surface area contributed by atoms with E-state index in [0.29, 0.717) is 0 Å². The molecule has 27 heavy (non-hydrogen) atoms. The van der Waals surface area contributed by atoms with E-state index < -0.39 is 0 Å². The quantitative estimate of drug-likeness (QED) is 0.295. The van der Waals surface area contributed by atoms with E-state index in [0.717, 1.165) is 74.7 Å². The fraction of sp³-hybridized carbons (Fsp3) is 0.652. The highest BCUT2D eigenvalue weighted by Gasteiger charge is 2.19. The normalized spacial score (nSPS) is 13.2. The van der Waals surface area contributed by atoms with E-state index in [1.807, 2.05) is 6.07 Å². The molecule has 0 aromatic heterocycles. The summed E-state index contributed by atoms with van der Waals surface area (Å²) in [7, 11) is 3.44. The largest absolute Gasteiger partial charge is 0.493 e. The van der Waals surface area contributed by atoms with Gasteiger partial charge in [-0.15, -0.1) is 0 Å². The number of benzene rings is 1. The van der Waals surface area contributed by atoms with Gasteiger partial charge >= 0.3 is 0 Å². The van der Waals surface area contributed by atoms with Gasteiger partial charge in [0.05, 0.1) is 20.3 Å². The van der Waals surface area contributed by atoms with E-state index in [1.54, 1.807) is 14.2 Å². The van der Waals surface area contributed by atoms with Crippen LogP contribution in [-0.4, -0.2) is 34.0 Å². The lowest BCUT2D eigenvalue weighted by Crippen LogP contribution is -2.07. The molecule has 4 heteroatoms. The summed E-state index contributed by atoms with van der Waals surface area (Å²) in [5, 5.41) is 0. The van der Waals surface area contributed by atoms with Gasteiger partial charge < -0.3 is 18.9 Å².